The molecule has 1 heterocycles. The van der Waals surface area contributed by atoms with Gasteiger partial charge in [0.05, 0.1) is 0 Å². The van der Waals surface area contributed by atoms with Crippen LogP contribution in [-0.4, -0.2) is 9.97 Å². The van der Waals surface area contributed by atoms with Gasteiger partial charge in [0.25, 0.3) is 0 Å². The number of anilines is 4. The maximum absolute atomic E-state index is 5.82. The van der Waals surface area contributed by atoms with Crippen LogP contribution in [0.1, 0.15) is 5.56 Å². The maximum atomic E-state index is 5.82. The summed E-state index contributed by atoms with van der Waals surface area (Å²) in [7, 11) is 0. The fraction of sp³-hybridized carbons (Fsp3) is 0.0435. The van der Waals surface area contributed by atoms with Gasteiger partial charge in [-0.1, -0.05) is 48.5 Å². The minimum Gasteiger partial charge on any atom is -0.489 e. The van der Waals surface area contributed by atoms with Crippen molar-refractivity contribution in [2.24, 2.45) is 0 Å². The third-order valence-corrected chi connectivity index (χ3v) is 4.06. The number of hydrogen-bond donors (Lipinski definition) is 2. The van der Waals surface area contributed by atoms with Gasteiger partial charge in [0, 0.05) is 17.6 Å². The van der Waals surface area contributed by atoms with Crippen LogP contribution < -0.4 is 15.4 Å². The van der Waals surface area contributed by atoms with Gasteiger partial charge in [-0.15, -0.1) is 0 Å². The predicted octanol–water partition coefficient (Wildman–Crippen LogP) is 5.54. The molecule has 138 valence electrons. The second-order valence-corrected chi connectivity index (χ2v) is 6.18. The number of nitrogens with one attached hydrogen (secondary N) is 2. The summed E-state index contributed by atoms with van der Waals surface area (Å²) in [5, 5.41) is 6.47. The molecule has 0 spiro atoms. The van der Waals surface area contributed by atoms with Crippen molar-refractivity contribution in [3.8, 4) is 5.75 Å². The fourth-order valence-electron chi connectivity index (χ4n) is 2.66. The Morgan fingerprint density at radius 1 is 0.679 bits per heavy atom. The molecule has 0 unspecified atom stereocenters. The van der Waals surface area contributed by atoms with Crippen LogP contribution in [0.15, 0.2) is 97.2 Å². The van der Waals surface area contributed by atoms with Crippen LogP contribution in [0.25, 0.3) is 0 Å². The van der Waals surface area contributed by atoms with Gasteiger partial charge in [0.1, 0.15) is 18.2 Å². The first-order chi connectivity index (χ1) is 13.8. The molecule has 0 aliphatic carbocycles. The van der Waals surface area contributed by atoms with Crippen molar-refractivity contribution in [2.75, 3.05) is 10.6 Å². The molecule has 28 heavy (non-hydrogen) atoms. The molecule has 0 aliphatic rings. The molecule has 5 heteroatoms. The summed E-state index contributed by atoms with van der Waals surface area (Å²) in [5.41, 5.74) is 3.01. The molecule has 0 atom stereocenters. The molecule has 0 amide bonds. The Kier molecular flexibility index (Phi) is 5.44. The average molecular weight is 368 g/mol. The van der Waals surface area contributed by atoms with Crippen molar-refractivity contribution in [1.82, 2.24) is 9.97 Å². The summed E-state index contributed by atoms with van der Waals surface area (Å²) in [5.74, 6) is 2.08. The topological polar surface area (TPSA) is 59.1 Å². The lowest BCUT2D eigenvalue weighted by Crippen LogP contribution is -2.00. The van der Waals surface area contributed by atoms with Crippen LogP contribution in [0.3, 0.4) is 0 Å². The zero-order chi connectivity index (χ0) is 19.0. The van der Waals surface area contributed by atoms with E-state index in [1.54, 1.807) is 6.20 Å². The Hall–Kier alpha value is -3.86. The van der Waals surface area contributed by atoms with Crippen LogP contribution in [0.2, 0.25) is 0 Å². The summed E-state index contributed by atoms with van der Waals surface area (Å²) in [6, 6.07) is 29.6. The highest BCUT2D eigenvalue weighted by atomic mass is 16.5. The molecule has 5 nitrogen and oxygen atoms in total. The standard InChI is InChI=1S/C23H20N4O/c1-3-7-18(8-4-1)17-28-21-13-11-20(12-14-21)25-22-15-16-24-23(27-22)26-19-9-5-2-6-10-19/h1-16H,17H2,(H2,24,25,26,27). The maximum Gasteiger partial charge on any atom is 0.229 e. The van der Waals surface area contributed by atoms with Gasteiger partial charge in [0.2, 0.25) is 5.95 Å². The molecule has 0 radical (unpaired) electrons. The lowest BCUT2D eigenvalue weighted by atomic mass is 10.2. The van der Waals surface area contributed by atoms with Gasteiger partial charge in [-0.05, 0) is 48.0 Å². The number of nitrogens with zero attached hydrogens (tertiary/aromatic N) is 2. The molecule has 0 fully saturated rings. The molecule has 1 aromatic heterocycles. The van der Waals surface area contributed by atoms with E-state index in [9.17, 15) is 0 Å². The second kappa shape index (κ2) is 8.68. The van der Waals surface area contributed by atoms with Crippen LogP contribution >= 0.6 is 0 Å². The van der Waals surface area contributed by atoms with E-state index >= 15 is 0 Å². The molecule has 4 aromatic rings. The van der Waals surface area contributed by atoms with Gasteiger partial charge in [-0.25, -0.2) is 4.98 Å². The van der Waals surface area contributed by atoms with Crippen LogP contribution in [0, 0.1) is 0 Å². The van der Waals surface area contributed by atoms with Crippen molar-refractivity contribution in [3.05, 3.63) is 103 Å². The van der Waals surface area contributed by atoms with E-state index in [2.05, 4.69) is 20.6 Å². The minimum atomic E-state index is 0.541. The fourth-order valence-corrected chi connectivity index (χ4v) is 2.66. The first-order valence-electron chi connectivity index (χ1n) is 9.04. The van der Waals surface area contributed by atoms with Crippen molar-refractivity contribution in [3.63, 3.8) is 0 Å². The van der Waals surface area contributed by atoms with E-state index in [1.165, 1.54) is 0 Å². The number of hydrogen-bond acceptors (Lipinski definition) is 5. The number of ether oxygens (including phenoxy) is 1. The molecule has 0 saturated heterocycles. The third-order valence-electron chi connectivity index (χ3n) is 4.06. The third kappa shape index (κ3) is 4.86. The molecular formula is C23H20N4O. The molecule has 0 bridgehead atoms. The quantitative estimate of drug-likeness (QED) is 0.448. The van der Waals surface area contributed by atoms with E-state index in [1.807, 2.05) is 91.0 Å². The Bertz CT molecular complexity index is 1010. The normalized spacial score (nSPS) is 10.3. The monoisotopic (exact) mass is 368 g/mol. The largest absolute Gasteiger partial charge is 0.489 e. The van der Waals surface area contributed by atoms with Gasteiger partial charge >= 0.3 is 0 Å². The predicted molar refractivity (Wildman–Crippen MR) is 112 cm³/mol. The summed E-state index contributed by atoms with van der Waals surface area (Å²) in [6.07, 6.45) is 1.72. The van der Waals surface area contributed by atoms with Gasteiger partial charge < -0.3 is 15.4 Å². The highest BCUT2D eigenvalue weighted by Gasteiger charge is 2.02. The number of para-hydroxylation sites is 1. The van der Waals surface area contributed by atoms with Crippen molar-refractivity contribution in [2.45, 2.75) is 6.61 Å². The Morgan fingerprint density at radius 3 is 2.11 bits per heavy atom. The van der Waals surface area contributed by atoms with Gasteiger partial charge in [-0.3, -0.25) is 0 Å². The smallest absolute Gasteiger partial charge is 0.229 e. The number of aromatic nitrogens is 2. The molecule has 0 saturated carbocycles. The zero-order valence-corrected chi connectivity index (χ0v) is 15.2. The molecular weight excluding hydrogens is 348 g/mol. The SMILES string of the molecule is c1ccc(COc2ccc(Nc3ccnc(Nc4ccccc4)n3)cc2)cc1. The molecule has 0 aliphatic heterocycles. The van der Waals surface area contributed by atoms with E-state index in [4.69, 9.17) is 4.74 Å². The lowest BCUT2D eigenvalue weighted by molar-refractivity contribution is 0.306. The van der Waals surface area contributed by atoms with Crippen LogP contribution in [0.5, 0.6) is 5.75 Å². The minimum absolute atomic E-state index is 0.541. The second-order valence-electron chi connectivity index (χ2n) is 6.18. The zero-order valence-electron chi connectivity index (χ0n) is 15.2. The Morgan fingerprint density at radius 2 is 1.36 bits per heavy atom. The van der Waals surface area contributed by atoms with E-state index in [0.717, 1.165) is 22.7 Å². The van der Waals surface area contributed by atoms with Crippen molar-refractivity contribution in [1.29, 1.82) is 0 Å². The molecule has 4 rings (SSSR count). The Labute approximate surface area is 164 Å². The summed E-state index contributed by atoms with van der Waals surface area (Å²) in [6.45, 7) is 0.550. The summed E-state index contributed by atoms with van der Waals surface area (Å²) in [4.78, 5) is 8.76. The highest BCUT2D eigenvalue weighted by Crippen LogP contribution is 2.21. The first-order valence-corrected chi connectivity index (χ1v) is 9.04. The van der Waals surface area contributed by atoms with E-state index < -0.39 is 0 Å². The van der Waals surface area contributed by atoms with E-state index in [-0.39, 0.29) is 0 Å². The molecule has 2 N–H and O–H groups in total. The van der Waals surface area contributed by atoms with Crippen LogP contribution in [0.4, 0.5) is 23.1 Å². The van der Waals surface area contributed by atoms with Gasteiger partial charge in [0.15, 0.2) is 0 Å². The average Bonchev–Trinajstić information content (AvgIpc) is 2.75. The van der Waals surface area contributed by atoms with Crippen molar-refractivity contribution < 1.29 is 4.74 Å². The summed E-state index contributed by atoms with van der Waals surface area (Å²) < 4.78 is 5.82. The first kappa shape index (κ1) is 17.5. The van der Waals surface area contributed by atoms with Crippen molar-refractivity contribution >= 4 is 23.1 Å². The van der Waals surface area contributed by atoms with Crippen LogP contribution in [-0.2, 0) is 6.61 Å². The van der Waals surface area contributed by atoms with E-state index in [0.29, 0.717) is 18.4 Å². The lowest BCUT2D eigenvalue weighted by Gasteiger charge is -2.10. The number of rotatable bonds is 7. The highest BCUT2D eigenvalue weighted by molar-refractivity contribution is 5.59. The summed E-state index contributed by atoms with van der Waals surface area (Å²) >= 11 is 0. The van der Waals surface area contributed by atoms with Gasteiger partial charge in [-0.2, -0.15) is 4.98 Å². The molecule has 3 aromatic carbocycles. The Balaban J connectivity index is 1.37. The number of benzene rings is 3.